The van der Waals surface area contributed by atoms with E-state index in [0.717, 1.165) is 19.5 Å². The molecule has 0 spiro atoms. The van der Waals surface area contributed by atoms with Crippen LogP contribution >= 0.6 is 0 Å². The molecule has 1 aliphatic rings. The van der Waals surface area contributed by atoms with Crippen LogP contribution in [0.1, 0.15) is 26.7 Å². The van der Waals surface area contributed by atoms with E-state index in [2.05, 4.69) is 17.1 Å². The number of likely N-dealkylation sites (N-methyl/N-ethyl adjacent to an activating group) is 1. The fourth-order valence-corrected chi connectivity index (χ4v) is 1.75. The van der Waals surface area contributed by atoms with E-state index in [-0.39, 0.29) is 5.91 Å². The minimum atomic E-state index is 0.0953. The topological polar surface area (TPSA) is 32.3 Å². The van der Waals surface area contributed by atoms with Crippen LogP contribution in [0.3, 0.4) is 0 Å². The smallest absolute Gasteiger partial charge is 0.217 e. The van der Waals surface area contributed by atoms with Gasteiger partial charge in [0.25, 0.3) is 0 Å². The first-order valence-electron chi connectivity index (χ1n) is 4.72. The summed E-state index contributed by atoms with van der Waals surface area (Å²) in [5.74, 6) is 0.0953. The Morgan fingerprint density at radius 3 is 3.00 bits per heavy atom. The van der Waals surface area contributed by atoms with Crippen LogP contribution in [0.4, 0.5) is 0 Å². The van der Waals surface area contributed by atoms with Gasteiger partial charge in [-0.1, -0.05) is 6.92 Å². The van der Waals surface area contributed by atoms with Crippen molar-refractivity contribution in [3.8, 4) is 0 Å². The van der Waals surface area contributed by atoms with Gasteiger partial charge in [0.05, 0.1) is 0 Å². The van der Waals surface area contributed by atoms with Crippen LogP contribution in [0.5, 0.6) is 0 Å². The monoisotopic (exact) mass is 170 g/mol. The van der Waals surface area contributed by atoms with Gasteiger partial charge < -0.3 is 10.2 Å². The van der Waals surface area contributed by atoms with E-state index in [1.807, 2.05) is 0 Å². The number of likely N-dealkylation sites (tertiary alicyclic amines) is 1. The van der Waals surface area contributed by atoms with Gasteiger partial charge in [-0.2, -0.15) is 0 Å². The molecular formula is C9H18N2O. The molecule has 1 rings (SSSR count). The molecule has 0 aromatic heterocycles. The van der Waals surface area contributed by atoms with Crippen molar-refractivity contribution in [2.45, 2.75) is 32.7 Å². The highest BCUT2D eigenvalue weighted by molar-refractivity contribution is 5.73. The van der Waals surface area contributed by atoms with E-state index in [1.54, 1.807) is 6.92 Å². The van der Waals surface area contributed by atoms with Crippen molar-refractivity contribution in [2.75, 3.05) is 19.6 Å². The van der Waals surface area contributed by atoms with E-state index >= 15 is 0 Å². The molecule has 1 aliphatic heterocycles. The molecule has 1 saturated heterocycles. The normalized spacial score (nSPS) is 25.3. The third-order valence-corrected chi connectivity index (χ3v) is 2.36. The first-order valence-corrected chi connectivity index (χ1v) is 4.72. The highest BCUT2D eigenvalue weighted by Gasteiger charge is 2.18. The van der Waals surface area contributed by atoms with E-state index in [4.69, 9.17) is 0 Å². The molecule has 1 atom stereocenters. The quantitative estimate of drug-likeness (QED) is 0.658. The number of amides is 1. The second-order valence-electron chi connectivity index (χ2n) is 3.43. The summed E-state index contributed by atoms with van der Waals surface area (Å²) in [4.78, 5) is 13.2. The van der Waals surface area contributed by atoms with Gasteiger partial charge in [0.1, 0.15) is 0 Å². The Hall–Kier alpha value is -0.570. The van der Waals surface area contributed by atoms with Gasteiger partial charge in [-0.25, -0.2) is 0 Å². The lowest BCUT2D eigenvalue weighted by molar-refractivity contribution is -0.120. The lowest BCUT2D eigenvalue weighted by Crippen LogP contribution is -2.46. The first kappa shape index (κ1) is 9.52. The summed E-state index contributed by atoms with van der Waals surface area (Å²) in [6.07, 6.45) is 2.34. The predicted molar refractivity (Wildman–Crippen MR) is 49.0 cm³/mol. The fraction of sp³-hybridized carbons (Fsp3) is 0.889. The van der Waals surface area contributed by atoms with Gasteiger partial charge in [-0.3, -0.25) is 4.79 Å². The molecule has 0 radical (unpaired) electrons. The second-order valence-corrected chi connectivity index (χ2v) is 3.43. The predicted octanol–water partition coefficient (Wildman–Crippen LogP) is 0.607. The Balaban J connectivity index is 2.30. The van der Waals surface area contributed by atoms with E-state index in [9.17, 15) is 4.79 Å². The Kier molecular flexibility index (Phi) is 3.53. The molecule has 0 aromatic carbocycles. The van der Waals surface area contributed by atoms with Crippen molar-refractivity contribution in [1.29, 1.82) is 0 Å². The summed E-state index contributed by atoms with van der Waals surface area (Å²) >= 11 is 0. The maximum absolute atomic E-state index is 10.8. The van der Waals surface area contributed by atoms with Gasteiger partial charge >= 0.3 is 0 Å². The number of nitrogens with zero attached hydrogens (tertiary/aromatic N) is 1. The number of carbonyl (C=O) groups is 1. The Labute approximate surface area is 74.1 Å². The number of hydrogen-bond donors (Lipinski definition) is 1. The maximum atomic E-state index is 10.8. The minimum absolute atomic E-state index is 0.0953. The van der Waals surface area contributed by atoms with Crippen molar-refractivity contribution in [1.82, 2.24) is 10.2 Å². The van der Waals surface area contributed by atoms with Gasteiger partial charge in [-0.05, 0) is 25.9 Å². The zero-order chi connectivity index (χ0) is 8.97. The van der Waals surface area contributed by atoms with E-state index in [0.29, 0.717) is 6.04 Å². The van der Waals surface area contributed by atoms with Crippen molar-refractivity contribution in [3.05, 3.63) is 0 Å². The zero-order valence-corrected chi connectivity index (χ0v) is 7.97. The van der Waals surface area contributed by atoms with Gasteiger partial charge in [-0.15, -0.1) is 0 Å². The first-order chi connectivity index (χ1) is 5.72. The molecule has 0 aliphatic carbocycles. The third-order valence-electron chi connectivity index (χ3n) is 2.36. The standard InChI is InChI=1S/C9H18N2O/c1-3-11-6-4-5-9(7-11)10-8(2)12/h9H,3-7H2,1-2H3,(H,10,12)/t9-/m1/s1. The summed E-state index contributed by atoms with van der Waals surface area (Å²) in [5, 5.41) is 2.97. The Morgan fingerprint density at radius 2 is 2.42 bits per heavy atom. The van der Waals surface area contributed by atoms with E-state index < -0.39 is 0 Å². The molecule has 1 fully saturated rings. The van der Waals surface area contributed by atoms with Crippen molar-refractivity contribution < 1.29 is 4.79 Å². The molecule has 3 nitrogen and oxygen atoms in total. The molecule has 1 heterocycles. The minimum Gasteiger partial charge on any atom is -0.352 e. The lowest BCUT2D eigenvalue weighted by atomic mass is 10.1. The summed E-state index contributed by atoms with van der Waals surface area (Å²) in [6, 6.07) is 0.385. The van der Waals surface area contributed by atoms with Crippen molar-refractivity contribution >= 4 is 5.91 Å². The van der Waals surface area contributed by atoms with Gasteiger partial charge in [0, 0.05) is 19.5 Å². The molecule has 0 bridgehead atoms. The highest BCUT2D eigenvalue weighted by Crippen LogP contribution is 2.08. The Bertz CT molecular complexity index is 159. The van der Waals surface area contributed by atoms with Crippen molar-refractivity contribution in [2.24, 2.45) is 0 Å². The average molecular weight is 170 g/mol. The van der Waals surface area contributed by atoms with Crippen LogP contribution in [0.2, 0.25) is 0 Å². The molecule has 0 aromatic rings. The number of piperidine rings is 1. The van der Waals surface area contributed by atoms with Crippen LogP contribution in [0.15, 0.2) is 0 Å². The van der Waals surface area contributed by atoms with Crippen LogP contribution in [-0.4, -0.2) is 36.5 Å². The molecule has 12 heavy (non-hydrogen) atoms. The van der Waals surface area contributed by atoms with Crippen LogP contribution in [-0.2, 0) is 4.79 Å². The molecule has 3 heteroatoms. The average Bonchev–Trinajstić information content (AvgIpc) is 2.03. The molecule has 1 amide bonds. The van der Waals surface area contributed by atoms with Crippen molar-refractivity contribution in [3.63, 3.8) is 0 Å². The SMILES string of the molecule is CCN1CCC[C@@H](NC(C)=O)C1. The lowest BCUT2D eigenvalue weighted by Gasteiger charge is -2.31. The molecule has 0 unspecified atom stereocenters. The molecule has 1 N–H and O–H groups in total. The summed E-state index contributed by atoms with van der Waals surface area (Å²) in [7, 11) is 0. The summed E-state index contributed by atoms with van der Waals surface area (Å²) < 4.78 is 0. The summed E-state index contributed by atoms with van der Waals surface area (Å²) in [6.45, 7) is 7.06. The molecular weight excluding hydrogens is 152 g/mol. The number of carbonyl (C=O) groups excluding carboxylic acids is 1. The second kappa shape index (κ2) is 4.45. The van der Waals surface area contributed by atoms with E-state index in [1.165, 1.54) is 13.0 Å². The summed E-state index contributed by atoms with van der Waals surface area (Å²) in [5.41, 5.74) is 0. The van der Waals surface area contributed by atoms with Crippen LogP contribution in [0, 0.1) is 0 Å². The number of rotatable bonds is 2. The van der Waals surface area contributed by atoms with Crippen LogP contribution < -0.4 is 5.32 Å². The fourth-order valence-electron chi connectivity index (χ4n) is 1.75. The zero-order valence-electron chi connectivity index (χ0n) is 7.97. The highest BCUT2D eigenvalue weighted by atomic mass is 16.1. The van der Waals surface area contributed by atoms with Gasteiger partial charge in [0.15, 0.2) is 0 Å². The molecule has 0 saturated carbocycles. The number of nitrogens with one attached hydrogen (secondary N) is 1. The van der Waals surface area contributed by atoms with Gasteiger partial charge in [0.2, 0.25) is 5.91 Å². The number of hydrogen-bond acceptors (Lipinski definition) is 2. The Morgan fingerprint density at radius 1 is 1.67 bits per heavy atom. The largest absolute Gasteiger partial charge is 0.352 e. The maximum Gasteiger partial charge on any atom is 0.217 e. The van der Waals surface area contributed by atoms with Crippen LogP contribution in [0.25, 0.3) is 0 Å². The molecule has 70 valence electrons. The third kappa shape index (κ3) is 2.81.